The summed E-state index contributed by atoms with van der Waals surface area (Å²) in [5.41, 5.74) is 4.97. The first kappa shape index (κ1) is 14.1. The maximum Gasteiger partial charge on any atom is 0.120 e. The Bertz CT molecular complexity index is 552. The van der Waals surface area contributed by atoms with Crippen molar-refractivity contribution >= 4 is 11.9 Å². The number of hydrazone groups is 1. The Balaban J connectivity index is 1.97. The highest BCUT2D eigenvalue weighted by molar-refractivity contribution is 5.80. The largest absolute Gasteiger partial charge is 0.491 e. The third-order valence-corrected chi connectivity index (χ3v) is 2.95. The standard InChI is InChI=1S/C17H20N2O/c1-3-14(2)20-17-11-7-8-15(12-17)13-18-19-16-9-5-4-6-10-16/h4-14,19H,3H2,1-2H3. The van der Waals surface area contributed by atoms with Crippen molar-refractivity contribution in [1.29, 1.82) is 0 Å². The summed E-state index contributed by atoms with van der Waals surface area (Å²) >= 11 is 0. The fourth-order valence-corrected chi connectivity index (χ4v) is 1.68. The predicted octanol–water partition coefficient (Wildman–Crippen LogP) is 4.31. The van der Waals surface area contributed by atoms with Crippen molar-refractivity contribution in [3.63, 3.8) is 0 Å². The fourth-order valence-electron chi connectivity index (χ4n) is 1.68. The average molecular weight is 268 g/mol. The molecule has 0 radical (unpaired) electrons. The molecule has 3 nitrogen and oxygen atoms in total. The summed E-state index contributed by atoms with van der Waals surface area (Å²) in [6, 6.07) is 17.8. The van der Waals surface area contributed by atoms with Gasteiger partial charge in [0.25, 0.3) is 0 Å². The van der Waals surface area contributed by atoms with E-state index in [1.165, 1.54) is 0 Å². The van der Waals surface area contributed by atoms with Gasteiger partial charge in [0.15, 0.2) is 0 Å². The molecule has 0 bridgehead atoms. The molecule has 2 aromatic carbocycles. The van der Waals surface area contributed by atoms with Crippen LogP contribution in [0.15, 0.2) is 59.7 Å². The maximum atomic E-state index is 5.79. The zero-order valence-electron chi connectivity index (χ0n) is 11.9. The van der Waals surface area contributed by atoms with Crippen LogP contribution in [0.25, 0.3) is 0 Å². The van der Waals surface area contributed by atoms with Crippen LogP contribution < -0.4 is 10.2 Å². The first-order valence-electron chi connectivity index (χ1n) is 6.89. The Hall–Kier alpha value is -2.29. The molecule has 20 heavy (non-hydrogen) atoms. The summed E-state index contributed by atoms with van der Waals surface area (Å²) in [5.74, 6) is 0.878. The Morgan fingerprint density at radius 1 is 1.15 bits per heavy atom. The van der Waals surface area contributed by atoms with Gasteiger partial charge in [0.2, 0.25) is 0 Å². The van der Waals surface area contributed by atoms with E-state index in [4.69, 9.17) is 4.74 Å². The number of nitrogens with zero attached hydrogens (tertiary/aromatic N) is 1. The average Bonchev–Trinajstić information content (AvgIpc) is 2.48. The first-order valence-corrected chi connectivity index (χ1v) is 6.89. The highest BCUT2D eigenvalue weighted by Crippen LogP contribution is 2.15. The second kappa shape index (κ2) is 7.34. The summed E-state index contributed by atoms with van der Waals surface area (Å²) in [4.78, 5) is 0. The molecule has 104 valence electrons. The highest BCUT2D eigenvalue weighted by atomic mass is 16.5. The Kier molecular flexibility index (Phi) is 5.18. The summed E-state index contributed by atoms with van der Waals surface area (Å²) in [6.07, 6.45) is 3.01. The molecule has 3 heteroatoms. The van der Waals surface area contributed by atoms with Gasteiger partial charge in [-0.1, -0.05) is 37.3 Å². The van der Waals surface area contributed by atoms with Gasteiger partial charge in [0.1, 0.15) is 5.75 Å². The van der Waals surface area contributed by atoms with E-state index in [-0.39, 0.29) is 6.10 Å². The fraction of sp³-hybridized carbons (Fsp3) is 0.235. The zero-order valence-corrected chi connectivity index (χ0v) is 11.9. The lowest BCUT2D eigenvalue weighted by atomic mass is 10.2. The van der Waals surface area contributed by atoms with Gasteiger partial charge < -0.3 is 4.74 Å². The zero-order chi connectivity index (χ0) is 14.2. The van der Waals surface area contributed by atoms with Crippen molar-refractivity contribution in [3.8, 4) is 5.75 Å². The smallest absolute Gasteiger partial charge is 0.120 e. The Morgan fingerprint density at radius 3 is 2.70 bits per heavy atom. The molecular weight excluding hydrogens is 248 g/mol. The molecule has 1 unspecified atom stereocenters. The third kappa shape index (κ3) is 4.43. The minimum absolute atomic E-state index is 0.227. The van der Waals surface area contributed by atoms with Crippen LogP contribution in [-0.2, 0) is 0 Å². The van der Waals surface area contributed by atoms with Crippen LogP contribution in [0, 0.1) is 0 Å². The lowest BCUT2D eigenvalue weighted by molar-refractivity contribution is 0.217. The Labute approximate surface area is 120 Å². The lowest BCUT2D eigenvalue weighted by Gasteiger charge is -2.12. The quantitative estimate of drug-likeness (QED) is 0.625. The third-order valence-electron chi connectivity index (χ3n) is 2.95. The normalized spacial score (nSPS) is 12.3. The second-order valence-corrected chi connectivity index (χ2v) is 4.65. The van der Waals surface area contributed by atoms with Crippen LogP contribution in [-0.4, -0.2) is 12.3 Å². The van der Waals surface area contributed by atoms with Gasteiger partial charge in [0.05, 0.1) is 18.0 Å². The van der Waals surface area contributed by atoms with E-state index < -0.39 is 0 Å². The van der Waals surface area contributed by atoms with Gasteiger partial charge >= 0.3 is 0 Å². The van der Waals surface area contributed by atoms with Crippen molar-refractivity contribution in [2.24, 2.45) is 5.10 Å². The SMILES string of the molecule is CCC(C)Oc1cccc(C=NNc2ccccc2)c1. The molecule has 1 atom stereocenters. The van der Waals surface area contributed by atoms with Gasteiger partial charge in [0, 0.05) is 0 Å². The van der Waals surface area contributed by atoms with E-state index in [9.17, 15) is 0 Å². The Morgan fingerprint density at radius 2 is 1.95 bits per heavy atom. The van der Waals surface area contributed by atoms with Crippen molar-refractivity contribution in [2.45, 2.75) is 26.4 Å². The van der Waals surface area contributed by atoms with Crippen LogP contribution in [0.3, 0.4) is 0 Å². The van der Waals surface area contributed by atoms with E-state index in [0.29, 0.717) is 0 Å². The molecule has 0 amide bonds. The predicted molar refractivity (Wildman–Crippen MR) is 84.5 cm³/mol. The minimum Gasteiger partial charge on any atom is -0.491 e. The van der Waals surface area contributed by atoms with Crippen molar-refractivity contribution in [1.82, 2.24) is 0 Å². The molecule has 0 aliphatic carbocycles. The maximum absolute atomic E-state index is 5.79. The number of anilines is 1. The minimum atomic E-state index is 0.227. The van der Waals surface area contributed by atoms with E-state index >= 15 is 0 Å². The molecule has 0 aliphatic heterocycles. The number of ether oxygens (including phenoxy) is 1. The topological polar surface area (TPSA) is 33.6 Å². The molecular formula is C17H20N2O. The van der Waals surface area contributed by atoms with Crippen LogP contribution in [0.1, 0.15) is 25.8 Å². The van der Waals surface area contributed by atoms with Gasteiger partial charge in [-0.2, -0.15) is 5.10 Å². The number of hydrogen-bond acceptors (Lipinski definition) is 3. The van der Waals surface area contributed by atoms with E-state index in [1.54, 1.807) is 6.21 Å². The summed E-state index contributed by atoms with van der Waals surface area (Å²) < 4.78 is 5.79. The van der Waals surface area contributed by atoms with Crippen molar-refractivity contribution in [2.75, 3.05) is 5.43 Å². The lowest BCUT2D eigenvalue weighted by Crippen LogP contribution is -2.09. The molecule has 2 rings (SSSR count). The van der Waals surface area contributed by atoms with Crippen LogP contribution in [0.5, 0.6) is 5.75 Å². The number of hydrogen-bond donors (Lipinski definition) is 1. The van der Waals surface area contributed by atoms with E-state index in [2.05, 4.69) is 24.4 Å². The first-order chi connectivity index (χ1) is 9.78. The molecule has 1 N–H and O–H groups in total. The molecule has 0 spiro atoms. The van der Waals surface area contributed by atoms with Gasteiger partial charge in [-0.25, -0.2) is 0 Å². The molecule has 0 saturated carbocycles. The second-order valence-electron chi connectivity index (χ2n) is 4.65. The van der Waals surface area contributed by atoms with Gasteiger partial charge in [-0.3, -0.25) is 5.43 Å². The van der Waals surface area contributed by atoms with Crippen LogP contribution >= 0.6 is 0 Å². The number of rotatable bonds is 6. The van der Waals surface area contributed by atoms with E-state index in [0.717, 1.165) is 23.4 Å². The van der Waals surface area contributed by atoms with E-state index in [1.807, 2.05) is 54.6 Å². The molecule has 0 aromatic heterocycles. The molecule has 0 saturated heterocycles. The monoisotopic (exact) mass is 268 g/mol. The molecule has 2 aromatic rings. The van der Waals surface area contributed by atoms with Gasteiger partial charge in [-0.05, 0) is 43.2 Å². The van der Waals surface area contributed by atoms with Crippen LogP contribution in [0.2, 0.25) is 0 Å². The van der Waals surface area contributed by atoms with Crippen molar-refractivity contribution in [3.05, 3.63) is 60.2 Å². The number of para-hydroxylation sites is 1. The summed E-state index contributed by atoms with van der Waals surface area (Å²) in [6.45, 7) is 4.18. The molecule has 0 heterocycles. The molecule has 0 aliphatic rings. The van der Waals surface area contributed by atoms with Crippen molar-refractivity contribution < 1.29 is 4.74 Å². The van der Waals surface area contributed by atoms with Gasteiger partial charge in [-0.15, -0.1) is 0 Å². The van der Waals surface area contributed by atoms with Crippen LogP contribution in [0.4, 0.5) is 5.69 Å². The summed E-state index contributed by atoms with van der Waals surface area (Å²) in [7, 11) is 0. The summed E-state index contributed by atoms with van der Waals surface area (Å²) in [5, 5.41) is 4.22. The molecule has 0 fully saturated rings. The number of nitrogens with one attached hydrogen (secondary N) is 1. The highest BCUT2D eigenvalue weighted by Gasteiger charge is 2.00. The number of benzene rings is 2.